The van der Waals surface area contributed by atoms with Crippen LogP contribution >= 0.6 is 11.3 Å². The van der Waals surface area contributed by atoms with Gasteiger partial charge < -0.3 is 18.9 Å². The van der Waals surface area contributed by atoms with E-state index in [2.05, 4.69) is 10.1 Å². The second kappa shape index (κ2) is 10.9. The summed E-state index contributed by atoms with van der Waals surface area (Å²) in [7, 11) is 6.04. The van der Waals surface area contributed by atoms with Gasteiger partial charge in [0.05, 0.1) is 49.8 Å². The number of thiazole rings is 1. The summed E-state index contributed by atoms with van der Waals surface area (Å²) in [4.78, 5) is 28.8. The third-order valence-electron chi connectivity index (χ3n) is 5.27. The van der Waals surface area contributed by atoms with Crippen molar-refractivity contribution in [2.24, 2.45) is 5.10 Å². The van der Waals surface area contributed by atoms with E-state index >= 15 is 0 Å². The molecule has 0 unspecified atom stereocenters. The number of anilines is 1. The molecule has 1 amide bonds. The molecule has 1 aromatic heterocycles. The molecule has 0 aliphatic rings. The molecular weight excluding hydrogens is 500 g/mol. The highest BCUT2D eigenvalue weighted by molar-refractivity contribution is 7.22. The number of hydrogen-bond acceptors (Lipinski definition) is 10. The fourth-order valence-electron chi connectivity index (χ4n) is 3.47. The SMILES string of the molecule is COc1ccc2nc(N(/N=C/c3cc(OC)c(OC)c(OC)c3)C(=O)c3cccc([N+](=O)[O-])c3)sc2c1. The van der Waals surface area contributed by atoms with E-state index in [1.54, 1.807) is 37.4 Å². The lowest BCUT2D eigenvalue weighted by Gasteiger charge is -2.15. The quantitative estimate of drug-likeness (QED) is 0.172. The predicted molar refractivity (Wildman–Crippen MR) is 140 cm³/mol. The molecule has 0 aliphatic carbocycles. The van der Waals surface area contributed by atoms with Crippen molar-refractivity contribution in [2.75, 3.05) is 33.4 Å². The Bertz CT molecular complexity index is 1480. The number of nitrogens with zero attached hydrogens (tertiary/aromatic N) is 4. The van der Waals surface area contributed by atoms with Gasteiger partial charge in [-0.2, -0.15) is 10.1 Å². The maximum atomic E-state index is 13.6. The summed E-state index contributed by atoms with van der Waals surface area (Å²) in [5.41, 5.74) is 1.05. The summed E-state index contributed by atoms with van der Waals surface area (Å²) in [6.07, 6.45) is 1.44. The lowest BCUT2D eigenvalue weighted by atomic mass is 10.2. The number of nitro groups is 1. The molecule has 0 bridgehead atoms. The van der Waals surface area contributed by atoms with Crippen molar-refractivity contribution in [3.63, 3.8) is 0 Å². The molecular formula is C25H22N4O7S. The van der Waals surface area contributed by atoms with Crippen molar-refractivity contribution in [3.8, 4) is 23.0 Å². The zero-order chi connectivity index (χ0) is 26.5. The number of hydrazone groups is 1. The molecule has 0 fully saturated rings. The van der Waals surface area contributed by atoms with E-state index < -0.39 is 10.8 Å². The molecule has 0 N–H and O–H groups in total. The van der Waals surface area contributed by atoms with Gasteiger partial charge in [0.1, 0.15) is 5.75 Å². The number of amides is 1. The van der Waals surface area contributed by atoms with Crippen LogP contribution in [0.5, 0.6) is 23.0 Å². The highest BCUT2D eigenvalue weighted by atomic mass is 32.1. The topological polar surface area (TPSA) is 126 Å². The number of ether oxygens (including phenoxy) is 4. The number of methoxy groups -OCH3 is 4. The van der Waals surface area contributed by atoms with Gasteiger partial charge in [-0.15, -0.1) is 0 Å². The zero-order valence-corrected chi connectivity index (χ0v) is 21.1. The van der Waals surface area contributed by atoms with Gasteiger partial charge in [-0.05, 0) is 36.4 Å². The van der Waals surface area contributed by atoms with Crippen molar-refractivity contribution < 1.29 is 28.7 Å². The van der Waals surface area contributed by atoms with Gasteiger partial charge in [0, 0.05) is 23.3 Å². The van der Waals surface area contributed by atoms with E-state index in [4.69, 9.17) is 18.9 Å². The fourth-order valence-corrected chi connectivity index (χ4v) is 4.42. The monoisotopic (exact) mass is 522 g/mol. The van der Waals surface area contributed by atoms with Gasteiger partial charge in [-0.25, -0.2) is 4.98 Å². The zero-order valence-electron chi connectivity index (χ0n) is 20.3. The van der Waals surface area contributed by atoms with Crippen molar-refractivity contribution in [1.82, 2.24) is 4.98 Å². The largest absolute Gasteiger partial charge is 0.497 e. The number of nitro benzene ring substituents is 1. The molecule has 3 aromatic carbocycles. The number of aromatic nitrogens is 1. The summed E-state index contributed by atoms with van der Waals surface area (Å²) in [6, 6.07) is 14.1. The van der Waals surface area contributed by atoms with Crippen LogP contribution in [0.15, 0.2) is 59.7 Å². The summed E-state index contributed by atoms with van der Waals surface area (Å²) in [6.45, 7) is 0. The van der Waals surface area contributed by atoms with Gasteiger partial charge >= 0.3 is 0 Å². The summed E-state index contributed by atoms with van der Waals surface area (Å²) in [5.74, 6) is 1.27. The van der Waals surface area contributed by atoms with Gasteiger partial charge in [0.25, 0.3) is 11.6 Å². The minimum atomic E-state index is -0.599. The molecule has 1 heterocycles. The van der Waals surface area contributed by atoms with E-state index in [0.29, 0.717) is 34.1 Å². The molecule has 11 nitrogen and oxygen atoms in total. The third-order valence-corrected chi connectivity index (χ3v) is 6.26. The van der Waals surface area contributed by atoms with Gasteiger partial charge in [0.2, 0.25) is 10.9 Å². The average molecular weight is 523 g/mol. The second-order valence-electron chi connectivity index (χ2n) is 7.46. The predicted octanol–water partition coefficient (Wildman–Crippen LogP) is 4.92. The van der Waals surface area contributed by atoms with Crippen molar-refractivity contribution in [1.29, 1.82) is 0 Å². The summed E-state index contributed by atoms with van der Waals surface area (Å²) in [5, 5.41) is 17.0. The van der Waals surface area contributed by atoms with Crippen LogP contribution in [0.2, 0.25) is 0 Å². The number of benzene rings is 3. The molecule has 37 heavy (non-hydrogen) atoms. The van der Waals surface area contributed by atoms with Crippen molar-refractivity contribution in [3.05, 3.63) is 75.8 Å². The average Bonchev–Trinajstić information content (AvgIpc) is 3.35. The van der Waals surface area contributed by atoms with Gasteiger partial charge in [-0.1, -0.05) is 17.4 Å². The van der Waals surface area contributed by atoms with Crippen LogP contribution in [0.1, 0.15) is 15.9 Å². The number of carbonyl (C=O) groups excluding carboxylic acids is 1. The Morgan fingerprint density at radius 3 is 2.35 bits per heavy atom. The maximum absolute atomic E-state index is 13.6. The first kappa shape index (κ1) is 25.4. The highest BCUT2D eigenvalue weighted by Crippen LogP contribution is 2.38. The lowest BCUT2D eigenvalue weighted by molar-refractivity contribution is -0.384. The van der Waals surface area contributed by atoms with Crippen LogP contribution in [0, 0.1) is 10.1 Å². The number of hydrogen-bond donors (Lipinski definition) is 0. The normalized spacial score (nSPS) is 10.9. The van der Waals surface area contributed by atoms with Gasteiger partial charge in [-0.3, -0.25) is 14.9 Å². The Labute approximate surface area is 215 Å². The Kier molecular flexibility index (Phi) is 7.49. The number of non-ortho nitro benzene ring substituents is 1. The van der Waals surface area contributed by atoms with Crippen LogP contribution in [0.25, 0.3) is 10.2 Å². The van der Waals surface area contributed by atoms with Crippen molar-refractivity contribution in [2.45, 2.75) is 0 Å². The Balaban J connectivity index is 1.81. The molecule has 190 valence electrons. The third kappa shape index (κ3) is 5.28. The van der Waals surface area contributed by atoms with E-state index in [1.165, 1.54) is 63.1 Å². The van der Waals surface area contributed by atoms with Crippen LogP contribution in [0.3, 0.4) is 0 Å². The van der Waals surface area contributed by atoms with Gasteiger partial charge in [0.15, 0.2) is 11.5 Å². The van der Waals surface area contributed by atoms with Crippen LogP contribution < -0.4 is 24.0 Å². The molecule has 4 aromatic rings. The van der Waals surface area contributed by atoms with E-state index in [9.17, 15) is 14.9 Å². The van der Waals surface area contributed by atoms with Crippen LogP contribution in [-0.2, 0) is 0 Å². The minimum Gasteiger partial charge on any atom is -0.497 e. The Morgan fingerprint density at radius 1 is 1.00 bits per heavy atom. The van der Waals surface area contributed by atoms with Crippen LogP contribution in [-0.4, -0.2) is 50.5 Å². The maximum Gasteiger partial charge on any atom is 0.281 e. The molecule has 0 atom stereocenters. The van der Waals surface area contributed by atoms with Crippen LogP contribution in [0.4, 0.5) is 10.8 Å². The first-order valence-electron chi connectivity index (χ1n) is 10.8. The fraction of sp³-hybridized carbons (Fsp3) is 0.160. The molecule has 0 saturated heterocycles. The Morgan fingerprint density at radius 2 is 1.73 bits per heavy atom. The molecule has 0 saturated carbocycles. The Hall–Kier alpha value is -4.71. The minimum absolute atomic E-state index is 0.0769. The van der Waals surface area contributed by atoms with E-state index in [1.807, 2.05) is 0 Å². The number of carbonyl (C=O) groups is 1. The first-order chi connectivity index (χ1) is 17.9. The summed E-state index contributed by atoms with van der Waals surface area (Å²) < 4.78 is 22.2. The second-order valence-corrected chi connectivity index (χ2v) is 8.47. The first-order valence-corrected chi connectivity index (χ1v) is 11.6. The standard InChI is InChI=1S/C25H22N4O7S/c1-33-18-8-9-19-22(13-18)37-25(27-19)28(24(30)16-6-5-7-17(12-16)29(31)32)26-14-15-10-20(34-2)23(36-4)21(11-15)35-3/h5-14H,1-4H3/b26-14+. The molecule has 12 heteroatoms. The summed E-state index contributed by atoms with van der Waals surface area (Å²) >= 11 is 1.22. The van der Waals surface area contributed by atoms with E-state index in [-0.39, 0.29) is 16.4 Å². The number of rotatable bonds is 9. The number of fused-ring (bicyclic) bond motifs is 1. The molecule has 0 aliphatic heterocycles. The molecule has 0 spiro atoms. The molecule has 4 rings (SSSR count). The van der Waals surface area contributed by atoms with Crippen molar-refractivity contribution >= 4 is 44.5 Å². The smallest absolute Gasteiger partial charge is 0.281 e. The van der Waals surface area contributed by atoms with E-state index in [0.717, 1.165) is 9.71 Å². The lowest BCUT2D eigenvalue weighted by Crippen LogP contribution is -2.25. The highest BCUT2D eigenvalue weighted by Gasteiger charge is 2.23. The molecule has 0 radical (unpaired) electrons.